The van der Waals surface area contributed by atoms with Gasteiger partial charge in [-0.1, -0.05) is 0 Å². The van der Waals surface area contributed by atoms with E-state index in [1.807, 2.05) is 0 Å². The summed E-state index contributed by atoms with van der Waals surface area (Å²) < 4.78 is 4.84. The van der Waals surface area contributed by atoms with E-state index in [1.54, 1.807) is 15.3 Å². The van der Waals surface area contributed by atoms with E-state index in [1.165, 1.54) is 82.7 Å². The van der Waals surface area contributed by atoms with Crippen molar-refractivity contribution in [2.75, 3.05) is 0 Å². The molecule has 62 heavy (non-hydrogen) atoms. The van der Waals surface area contributed by atoms with Crippen LogP contribution in [0.1, 0.15) is 81.3 Å². The van der Waals surface area contributed by atoms with E-state index in [4.69, 9.17) is 0 Å². The van der Waals surface area contributed by atoms with Crippen molar-refractivity contribution in [1.82, 2.24) is 0 Å². The number of halogens is 2. The molecule has 0 fully saturated rings. The van der Waals surface area contributed by atoms with Crippen molar-refractivity contribution in [1.29, 1.82) is 0 Å². The molecule has 0 amide bonds. The Hall–Kier alpha value is -4.91. The summed E-state index contributed by atoms with van der Waals surface area (Å²) in [6.07, 6.45) is 9.18. The molecule has 0 aromatic heterocycles. The van der Waals surface area contributed by atoms with E-state index in [-0.39, 0.29) is 35.6 Å². The number of fused-ring (bicyclic) bond motifs is 5. The standard InChI is InChI=1S/C33H33.C21H14.C5H5.2ClH.Zr/c1-32(2,3)30-20-26-24(18-28(30)22-13-9-7-10-14-22)17-25-19-29(23-15-11-8-12-16-23)31(21-27(25)26)33(4,5)6;1-3-7-20-14-16(9-11-18(20)5-1)13-17-10-12-19-6-2-4-8-21(19)15-17;1-2-4-5-3-1;;;/h7-16,18,20-21H,17H2,1-6H3;1-12,14-15H;1-3H,4H2;2*1H;/q;;;;;+2/p-2. The summed E-state index contributed by atoms with van der Waals surface area (Å²) >= 11 is -3.20. The maximum Gasteiger partial charge on any atom is -1.00 e. The van der Waals surface area contributed by atoms with E-state index in [2.05, 4.69) is 224 Å². The molecule has 0 N–H and O–H groups in total. The first-order valence-corrected chi connectivity index (χ1v) is 25.3. The molecule has 0 nitrogen and oxygen atoms in total. The van der Waals surface area contributed by atoms with E-state index in [0.717, 1.165) is 12.8 Å². The van der Waals surface area contributed by atoms with Crippen LogP contribution in [0.2, 0.25) is 0 Å². The van der Waals surface area contributed by atoms with Crippen molar-refractivity contribution in [3.05, 3.63) is 219 Å². The largest absolute Gasteiger partial charge is 1.00 e. The van der Waals surface area contributed by atoms with Gasteiger partial charge in [-0.15, -0.1) is 0 Å². The van der Waals surface area contributed by atoms with Gasteiger partial charge < -0.3 is 24.8 Å². The number of rotatable bonds is 6. The van der Waals surface area contributed by atoms with Gasteiger partial charge in [-0.25, -0.2) is 0 Å². The van der Waals surface area contributed by atoms with E-state index >= 15 is 0 Å². The fourth-order valence-corrected chi connectivity index (χ4v) is 18.3. The Morgan fingerprint density at radius 3 is 1.53 bits per heavy atom. The van der Waals surface area contributed by atoms with Crippen LogP contribution in [-0.4, -0.2) is 3.21 Å². The monoisotopic (exact) mass is 920 g/mol. The first kappa shape index (κ1) is 43.7. The maximum absolute atomic E-state index is 3.20. The number of hydrogen-bond acceptors (Lipinski definition) is 0. The SMILES string of the molecule is CC(C)(C)c1cc2c(cc1-c1ccccc1)Cc1c-2cc(C(C)(C)C)c(-c2ccccc2)[c]1[Zr+2]([C]1=CC=CC1)=[C](c1ccc2ccccc2c1)c1ccc2ccccc2c1.[Cl-].[Cl-]. The van der Waals surface area contributed by atoms with Gasteiger partial charge in [0.15, 0.2) is 0 Å². The van der Waals surface area contributed by atoms with Crippen molar-refractivity contribution in [2.24, 2.45) is 0 Å². The second kappa shape index (κ2) is 17.3. The Morgan fingerprint density at radius 2 is 1.00 bits per heavy atom. The van der Waals surface area contributed by atoms with Gasteiger partial charge in [0.2, 0.25) is 0 Å². The Bertz CT molecular complexity index is 3000. The van der Waals surface area contributed by atoms with E-state index in [9.17, 15) is 0 Å². The fourth-order valence-electron chi connectivity index (χ4n) is 9.85. The van der Waals surface area contributed by atoms with Gasteiger partial charge >= 0.3 is 367 Å². The van der Waals surface area contributed by atoms with Crippen molar-refractivity contribution in [3.8, 4) is 33.4 Å². The van der Waals surface area contributed by atoms with Gasteiger partial charge in [-0.05, 0) is 0 Å². The van der Waals surface area contributed by atoms with Crippen LogP contribution in [-0.2, 0) is 38.5 Å². The molecule has 306 valence electrons. The second-order valence-electron chi connectivity index (χ2n) is 18.9. The molecule has 0 unspecified atom stereocenters. The molecule has 10 rings (SSSR count). The van der Waals surface area contributed by atoms with Crippen LogP contribution in [0.25, 0.3) is 54.9 Å². The first-order chi connectivity index (χ1) is 29.0. The number of hydrogen-bond donors (Lipinski definition) is 0. The third-order valence-electron chi connectivity index (χ3n) is 12.8. The number of benzene rings is 8. The minimum atomic E-state index is -3.20. The Balaban J connectivity index is 0.00000264. The van der Waals surface area contributed by atoms with Crippen LogP contribution in [0.5, 0.6) is 0 Å². The summed E-state index contributed by atoms with van der Waals surface area (Å²) in [4.78, 5) is 0. The Kier molecular flexibility index (Phi) is 12.2. The zero-order chi connectivity index (χ0) is 41.2. The third kappa shape index (κ3) is 7.98. The second-order valence-corrected chi connectivity index (χ2v) is 24.7. The molecule has 0 spiro atoms. The predicted octanol–water partition coefficient (Wildman–Crippen LogP) is 8.86. The molecule has 0 saturated carbocycles. The summed E-state index contributed by atoms with van der Waals surface area (Å²) in [5, 5.41) is 5.15. The summed E-state index contributed by atoms with van der Waals surface area (Å²) in [5.41, 5.74) is 16.7. The molecule has 0 atom stereocenters. The molecular formula is C59H52Cl2Zr. The molecule has 0 heterocycles. The van der Waals surface area contributed by atoms with Crippen LogP contribution in [0.3, 0.4) is 0 Å². The summed E-state index contributed by atoms with van der Waals surface area (Å²) in [5.74, 6) is 0. The minimum absolute atomic E-state index is 0. The van der Waals surface area contributed by atoms with Crippen molar-refractivity contribution in [2.45, 2.75) is 65.2 Å². The normalized spacial score (nSPS) is 12.8. The van der Waals surface area contributed by atoms with Crippen LogP contribution in [0.15, 0.2) is 185 Å². The molecule has 0 aliphatic heterocycles. The molecule has 2 aliphatic rings. The molecule has 0 radical (unpaired) electrons. The molecule has 0 saturated heterocycles. The molecular weight excluding hydrogens is 871 g/mol. The van der Waals surface area contributed by atoms with E-state index in [0.29, 0.717) is 0 Å². The molecule has 8 aromatic carbocycles. The van der Waals surface area contributed by atoms with Crippen LogP contribution >= 0.6 is 0 Å². The van der Waals surface area contributed by atoms with Crippen LogP contribution in [0.4, 0.5) is 0 Å². The van der Waals surface area contributed by atoms with Gasteiger partial charge in [-0.3, -0.25) is 0 Å². The predicted molar refractivity (Wildman–Crippen MR) is 256 cm³/mol. The average Bonchev–Trinajstić information content (AvgIpc) is 3.93. The molecule has 8 aromatic rings. The average molecular weight is 923 g/mol. The maximum atomic E-state index is 2.62. The van der Waals surface area contributed by atoms with Gasteiger partial charge in [0.25, 0.3) is 0 Å². The van der Waals surface area contributed by atoms with Gasteiger partial charge in [-0.2, -0.15) is 0 Å². The number of allylic oxidation sites excluding steroid dienone is 4. The van der Waals surface area contributed by atoms with Gasteiger partial charge in [0, 0.05) is 0 Å². The Labute approximate surface area is 388 Å². The topological polar surface area (TPSA) is 0 Å². The summed E-state index contributed by atoms with van der Waals surface area (Å²) in [6, 6.07) is 62.6. The zero-order valence-corrected chi connectivity index (χ0v) is 40.5. The quantitative estimate of drug-likeness (QED) is 0.157. The van der Waals surface area contributed by atoms with Crippen molar-refractivity contribution in [3.63, 3.8) is 0 Å². The van der Waals surface area contributed by atoms with Gasteiger partial charge in [0.1, 0.15) is 0 Å². The van der Waals surface area contributed by atoms with Gasteiger partial charge in [0.05, 0.1) is 0 Å². The van der Waals surface area contributed by atoms with E-state index < -0.39 is 21.3 Å². The molecule has 2 aliphatic carbocycles. The fraction of sp³-hybridized carbons (Fsp3) is 0.169. The first-order valence-electron chi connectivity index (χ1n) is 21.6. The zero-order valence-electron chi connectivity index (χ0n) is 36.5. The molecule has 3 heteroatoms. The third-order valence-corrected chi connectivity index (χ3v) is 20.5. The van der Waals surface area contributed by atoms with Crippen molar-refractivity contribution >= 4 is 28.0 Å². The van der Waals surface area contributed by atoms with Crippen LogP contribution < -0.4 is 28.1 Å². The van der Waals surface area contributed by atoms with Crippen LogP contribution in [0, 0.1) is 0 Å². The minimum Gasteiger partial charge on any atom is -1.00 e. The van der Waals surface area contributed by atoms with Crippen molar-refractivity contribution < 1.29 is 46.1 Å². The molecule has 0 bridgehead atoms. The summed E-state index contributed by atoms with van der Waals surface area (Å²) in [7, 11) is 0. The Morgan fingerprint density at radius 1 is 0.484 bits per heavy atom. The summed E-state index contributed by atoms with van der Waals surface area (Å²) in [6.45, 7) is 14.4. The smallest absolute Gasteiger partial charge is 1.00 e.